The average molecular weight is 280 g/mol. The highest BCUT2D eigenvalue weighted by atomic mass is 16.6. The van der Waals surface area contributed by atoms with Gasteiger partial charge in [-0.3, -0.25) is 10.1 Å². The largest absolute Gasteiger partial charge is 0.490 e. The Balaban J connectivity index is 2.30. The van der Waals surface area contributed by atoms with E-state index in [-0.39, 0.29) is 18.0 Å². The highest BCUT2D eigenvalue weighted by Crippen LogP contribution is 2.34. The summed E-state index contributed by atoms with van der Waals surface area (Å²) in [4.78, 5) is 12.6. The van der Waals surface area contributed by atoms with Crippen molar-refractivity contribution in [1.29, 1.82) is 0 Å². The minimum Gasteiger partial charge on any atom is -0.490 e. The van der Waals surface area contributed by atoms with Crippen LogP contribution in [0.1, 0.15) is 25.7 Å². The van der Waals surface area contributed by atoms with Crippen molar-refractivity contribution in [2.24, 2.45) is 0 Å². The van der Waals surface area contributed by atoms with Crippen LogP contribution in [-0.2, 0) is 0 Å². The van der Waals surface area contributed by atoms with Crippen LogP contribution in [0.5, 0.6) is 5.75 Å². The standard InChI is InChI=1S/C14H20N2O4/c1-20-14-10-12(6-7-13(14)16(18)19)15(8-9-17)11-4-2-3-5-11/h6-7,10-11,17H,2-5,8-9H2,1H3. The van der Waals surface area contributed by atoms with Crippen molar-refractivity contribution in [2.45, 2.75) is 31.7 Å². The van der Waals surface area contributed by atoms with Crippen molar-refractivity contribution in [3.8, 4) is 5.75 Å². The van der Waals surface area contributed by atoms with E-state index in [1.165, 1.54) is 26.0 Å². The monoisotopic (exact) mass is 280 g/mol. The summed E-state index contributed by atoms with van der Waals surface area (Å²) in [5, 5.41) is 20.2. The summed E-state index contributed by atoms with van der Waals surface area (Å²) in [5.41, 5.74) is 0.833. The van der Waals surface area contributed by atoms with Crippen LogP contribution < -0.4 is 9.64 Å². The first kappa shape index (κ1) is 14.6. The Morgan fingerprint density at radius 1 is 1.45 bits per heavy atom. The first-order valence-electron chi connectivity index (χ1n) is 6.87. The molecule has 110 valence electrons. The maximum Gasteiger partial charge on any atom is 0.311 e. The number of aliphatic hydroxyl groups excluding tert-OH is 1. The molecule has 6 nitrogen and oxygen atoms in total. The van der Waals surface area contributed by atoms with Crippen LogP contribution in [0, 0.1) is 10.1 Å². The Labute approximate surface area is 118 Å². The van der Waals surface area contributed by atoms with Gasteiger partial charge in [0, 0.05) is 30.4 Å². The van der Waals surface area contributed by atoms with Gasteiger partial charge in [-0.1, -0.05) is 12.8 Å². The van der Waals surface area contributed by atoms with Gasteiger partial charge in [0.1, 0.15) is 0 Å². The molecule has 0 amide bonds. The maximum absolute atomic E-state index is 10.9. The third-order valence-electron chi connectivity index (χ3n) is 3.80. The Bertz CT molecular complexity index is 472. The Kier molecular flexibility index (Phi) is 4.79. The normalized spacial score (nSPS) is 15.3. The van der Waals surface area contributed by atoms with Crippen molar-refractivity contribution in [2.75, 3.05) is 25.2 Å². The molecule has 1 N–H and O–H groups in total. The molecule has 0 bridgehead atoms. The highest BCUT2D eigenvalue weighted by molar-refractivity contribution is 5.59. The second kappa shape index (κ2) is 6.56. The molecule has 0 aromatic heterocycles. The van der Waals surface area contributed by atoms with Gasteiger partial charge in [-0.05, 0) is 18.9 Å². The quantitative estimate of drug-likeness (QED) is 0.639. The lowest BCUT2D eigenvalue weighted by Gasteiger charge is -2.30. The lowest BCUT2D eigenvalue weighted by Crippen LogP contribution is -2.35. The second-order valence-corrected chi connectivity index (χ2v) is 4.97. The molecular weight excluding hydrogens is 260 g/mol. The number of methoxy groups -OCH3 is 1. The van der Waals surface area contributed by atoms with Crippen molar-refractivity contribution in [1.82, 2.24) is 0 Å². The Hall–Kier alpha value is -1.82. The van der Waals surface area contributed by atoms with Crippen LogP contribution in [0.3, 0.4) is 0 Å². The van der Waals surface area contributed by atoms with Crippen LogP contribution in [0.25, 0.3) is 0 Å². The van der Waals surface area contributed by atoms with E-state index in [2.05, 4.69) is 4.90 Å². The third kappa shape index (κ3) is 3.01. The molecule has 1 aliphatic carbocycles. The predicted octanol–water partition coefficient (Wildman–Crippen LogP) is 2.34. The summed E-state index contributed by atoms with van der Waals surface area (Å²) in [5.74, 6) is 0.258. The van der Waals surface area contributed by atoms with E-state index in [0.29, 0.717) is 12.6 Å². The molecule has 0 unspecified atom stereocenters. The van der Waals surface area contributed by atoms with Crippen molar-refractivity contribution in [3.63, 3.8) is 0 Å². The zero-order valence-corrected chi connectivity index (χ0v) is 11.6. The molecular formula is C14H20N2O4. The van der Waals surface area contributed by atoms with Gasteiger partial charge in [0.2, 0.25) is 0 Å². The number of nitro benzene ring substituents is 1. The fourth-order valence-electron chi connectivity index (χ4n) is 2.84. The molecule has 1 aliphatic rings. The van der Waals surface area contributed by atoms with Crippen LogP contribution in [0.4, 0.5) is 11.4 Å². The van der Waals surface area contributed by atoms with Crippen molar-refractivity contribution in [3.05, 3.63) is 28.3 Å². The number of rotatable bonds is 6. The molecule has 6 heteroatoms. The van der Waals surface area contributed by atoms with E-state index in [0.717, 1.165) is 18.5 Å². The van der Waals surface area contributed by atoms with Gasteiger partial charge < -0.3 is 14.7 Å². The molecule has 1 aromatic carbocycles. The lowest BCUT2D eigenvalue weighted by molar-refractivity contribution is -0.385. The van der Waals surface area contributed by atoms with Gasteiger partial charge in [0.05, 0.1) is 18.6 Å². The molecule has 0 aliphatic heterocycles. The molecule has 1 aromatic rings. The lowest BCUT2D eigenvalue weighted by atomic mass is 10.1. The minimum absolute atomic E-state index is 0.0355. The van der Waals surface area contributed by atoms with Crippen LogP contribution in [0.15, 0.2) is 18.2 Å². The van der Waals surface area contributed by atoms with Gasteiger partial charge in [0.15, 0.2) is 5.75 Å². The minimum atomic E-state index is -0.450. The van der Waals surface area contributed by atoms with Gasteiger partial charge in [0.25, 0.3) is 0 Å². The highest BCUT2D eigenvalue weighted by Gasteiger charge is 2.24. The SMILES string of the molecule is COc1cc(N(CCO)C2CCCC2)ccc1[N+](=O)[O-]. The number of aliphatic hydroxyl groups is 1. The molecule has 2 rings (SSSR count). The van der Waals surface area contributed by atoms with E-state index in [1.807, 2.05) is 0 Å². The Morgan fingerprint density at radius 3 is 2.70 bits per heavy atom. The number of hydrogen-bond donors (Lipinski definition) is 1. The number of anilines is 1. The number of ether oxygens (including phenoxy) is 1. The number of nitro groups is 1. The molecule has 0 spiro atoms. The van der Waals surface area contributed by atoms with Gasteiger partial charge in [-0.2, -0.15) is 0 Å². The van der Waals surface area contributed by atoms with E-state index >= 15 is 0 Å². The summed E-state index contributed by atoms with van der Waals surface area (Å²) >= 11 is 0. The molecule has 1 fully saturated rings. The van der Waals surface area contributed by atoms with E-state index in [1.54, 1.807) is 12.1 Å². The zero-order chi connectivity index (χ0) is 14.5. The van der Waals surface area contributed by atoms with Crippen molar-refractivity contribution < 1.29 is 14.8 Å². The summed E-state index contributed by atoms with van der Waals surface area (Å²) in [6.07, 6.45) is 4.58. The maximum atomic E-state index is 10.9. The summed E-state index contributed by atoms with van der Waals surface area (Å²) in [6, 6.07) is 5.28. The van der Waals surface area contributed by atoms with Gasteiger partial charge in [-0.25, -0.2) is 0 Å². The molecule has 20 heavy (non-hydrogen) atoms. The molecule has 0 radical (unpaired) electrons. The second-order valence-electron chi connectivity index (χ2n) is 4.97. The topological polar surface area (TPSA) is 75.8 Å². The van der Waals surface area contributed by atoms with Crippen molar-refractivity contribution >= 4 is 11.4 Å². The van der Waals surface area contributed by atoms with E-state index in [4.69, 9.17) is 4.74 Å². The number of benzene rings is 1. The van der Waals surface area contributed by atoms with Crippen LogP contribution in [-0.4, -0.2) is 36.3 Å². The van der Waals surface area contributed by atoms with Crippen LogP contribution >= 0.6 is 0 Å². The van der Waals surface area contributed by atoms with Gasteiger partial charge in [-0.15, -0.1) is 0 Å². The average Bonchev–Trinajstić information content (AvgIpc) is 2.97. The molecule has 0 atom stereocenters. The number of nitrogens with zero attached hydrogens (tertiary/aromatic N) is 2. The van der Waals surface area contributed by atoms with Gasteiger partial charge >= 0.3 is 5.69 Å². The predicted molar refractivity (Wildman–Crippen MR) is 76.3 cm³/mol. The molecule has 0 saturated heterocycles. The first-order valence-corrected chi connectivity index (χ1v) is 6.87. The Morgan fingerprint density at radius 2 is 2.15 bits per heavy atom. The van der Waals surface area contributed by atoms with Crippen LogP contribution in [0.2, 0.25) is 0 Å². The van der Waals surface area contributed by atoms with E-state index in [9.17, 15) is 15.2 Å². The smallest absolute Gasteiger partial charge is 0.311 e. The fourth-order valence-corrected chi connectivity index (χ4v) is 2.84. The summed E-state index contributed by atoms with van der Waals surface area (Å²) in [6.45, 7) is 0.599. The van der Waals surface area contributed by atoms with E-state index < -0.39 is 4.92 Å². The third-order valence-corrected chi connectivity index (χ3v) is 3.80. The molecule has 1 saturated carbocycles. The molecule has 0 heterocycles. The number of hydrogen-bond acceptors (Lipinski definition) is 5. The zero-order valence-electron chi connectivity index (χ0n) is 11.6. The first-order chi connectivity index (χ1) is 9.67. The fraction of sp³-hybridized carbons (Fsp3) is 0.571. The summed E-state index contributed by atoms with van der Waals surface area (Å²) < 4.78 is 5.11. The summed E-state index contributed by atoms with van der Waals surface area (Å²) in [7, 11) is 1.43.